The van der Waals surface area contributed by atoms with E-state index in [9.17, 15) is 27.6 Å². The summed E-state index contributed by atoms with van der Waals surface area (Å²) in [7, 11) is 0. The Labute approximate surface area is 193 Å². The molecule has 0 bridgehead atoms. The van der Waals surface area contributed by atoms with Gasteiger partial charge in [0.05, 0.1) is 16.9 Å². The fourth-order valence-electron chi connectivity index (χ4n) is 4.90. The van der Waals surface area contributed by atoms with Crippen LogP contribution in [0, 0.1) is 0 Å². The lowest BCUT2D eigenvalue weighted by Gasteiger charge is -2.32. The van der Waals surface area contributed by atoms with Gasteiger partial charge in [0, 0.05) is 24.2 Å². The summed E-state index contributed by atoms with van der Waals surface area (Å²) in [5.74, 6) is -1.74. The molecule has 1 aliphatic carbocycles. The van der Waals surface area contributed by atoms with E-state index < -0.39 is 29.0 Å². The van der Waals surface area contributed by atoms with E-state index in [2.05, 4.69) is 0 Å². The van der Waals surface area contributed by atoms with E-state index in [-0.39, 0.29) is 41.3 Å². The number of rotatable bonds is 2. The van der Waals surface area contributed by atoms with Gasteiger partial charge < -0.3 is 4.90 Å². The molecular weight excluding hydrogens is 445 g/mol. The normalized spacial score (nSPS) is 19.9. The lowest BCUT2D eigenvalue weighted by Crippen LogP contribution is -2.53. The van der Waals surface area contributed by atoms with Gasteiger partial charge in [-0.2, -0.15) is 13.2 Å². The zero-order valence-corrected chi connectivity index (χ0v) is 18.1. The van der Waals surface area contributed by atoms with Gasteiger partial charge in [0.1, 0.15) is 0 Å². The number of carbonyl (C=O) groups excluding carboxylic acids is 3. The number of para-hydroxylation sites is 1. The molecule has 3 aromatic rings. The quantitative estimate of drug-likeness (QED) is 0.486. The summed E-state index contributed by atoms with van der Waals surface area (Å²) in [6, 6.07) is 17.6. The maximum atomic E-state index is 14.3. The Kier molecular flexibility index (Phi) is 4.86. The Bertz CT molecular complexity index is 1340. The molecule has 5 nitrogen and oxygen atoms in total. The third kappa shape index (κ3) is 2.98. The largest absolute Gasteiger partial charge is 0.416 e. The minimum atomic E-state index is -4.65. The van der Waals surface area contributed by atoms with Crippen molar-refractivity contribution in [3.8, 4) is 0 Å². The number of hydrogen-bond acceptors (Lipinski definition) is 3. The maximum Gasteiger partial charge on any atom is 0.416 e. The molecule has 8 heteroatoms. The summed E-state index contributed by atoms with van der Waals surface area (Å²) in [6.45, 7) is 1.78. The fraction of sp³-hybridized carbons (Fsp3) is 0.192. The van der Waals surface area contributed by atoms with Gasteiger partial charge in [0.2, 0.25) is 5.91 Å². The van der Waals surface area contributed by atoms with Crippen LogP contribution in [0.25, 0.3) is 0 Å². The predicted molar refractivity (Wildman–Crippen MR) is 120 cm³/mol. The monoisotopic (exact) mass is 464 g/mol. The second-order valence-corrected chi connectivity index (χ2v) is 8.28. The van der Waals surface area contributed by atoms with Crippen molar-refractivity contribution in [2.24, 2.45) is 0 Å². The third-order valence-corrected chi connectivity index (χ3v) is 6.46. The van der Waals surface area contributed by atoms with E-state index in [4.69, 9.17) is 0 Å². The number of nitrogens with zero attached hydrogens (tertiary/aromatic N) is 2. The first-order chi connectivity index (χ1) is 16.2. The second-order valence-electron chi connectivity index (χ2n) is 8.28. The minimum absolute atomic E-state index is 0.0602. The first-order valence-electron chi connectivity index (χ1n) is 10.8. The Morgan fingerprint density at radius 3 is 2.21 bits per heavy atom. The standard InChI is InChI=1S/C26H19F3N2O3/c1-2-30-20-13-12-16(26(27,28)29)14-21(20)31(17-8-4-3-5-9-17)24(34)25(23(30)33)15-22(32)18-10-6-7-11-19(18)25/h3-14H,2,15H2,1H3. The van der Waals surface area contributed by atoms with Gasteiger partial charge in [-0.1, -0.05) is 42.5 Å². The van der Waals surface area contributed by atoms with Crippen LogP contribution >= 0.6 is 0 Å². The van der Waals surface area contributed by atoms with Crippen LogP contribution in [0.3, 0.4) is 0 Å². The lowest BCUT2D eigenvalue weighted by atomic mass is 9.78. The average molecular weight is 464 g/mol. The molecule has 2 amide bonds. The van der Waals surface area contributed by atoms with Gasteiger partial charge in [-0.15, -0.1) is 0 Å². The Hall–Kier alpha value is -3.94. The van der Waals surface area contributed by atoms with Crippen LogP contribution in [0.2, 0.25) is 0 Å². The number of anilines is 3. The fourth-order valence-corrected chi connectivity index (χ4v) is 4.90. The molecule has 2 aliphatic rings. The number of alkyl halides is 3. The van der Waals surface area contributed by atoms with Crippen LogP contribution in [0.4, 0.5) is 30.2 Å². The number of amides is 2. The second kappa shape index (κ2) is 7.55. The molecule has 0 saturated heterocycles. The summed E-state index contributed by atoms with van der Waals surface area (Å²) in [4.78, 5) is 43.8. The number of carbonyl (C=O) groups is 3. The van der Waals surface area contributed by atoms with Gasteiger partial charge in [-0.05, 0) is 42.8 Å². The highest BCUT2D eigenvalue weighted by molar-refractivity contribution is 6.31. The SMILES string of the molecule is CCN1C(=O)C2(CC(=O)c3ccccc32)C(=O)N(c2ccccc2)c2cc(C(F)(F)F)ccc21. The van der Waals surface area contributed by atoms with Crippen molar-refractivity contribution in [3.05, 3.63) is 89.5 Å². The van der Waals surface area contributed by atoms with Crippen molar-refractivity contribution in [2.75, 3.05) is 16.3 Å². The first-order valence-corrected chi connectivity index (χ1v) is 10.8. The maximum absolute atomic E-state index is 14.3. The third-order valence-electron chi connectivity index (χ3n) is 6.46. The van der Waals surface area contributed by atoms with Gasteiger partial charge >= 0.3 is 6.18 Å². The molecule has 5 rings (SSSR count). The van der Waals surface area contributed by atoms with Crippen molar-refractivity contribution in [3.63, 3.8) is 0 Å². The van der Waals surface area contributed by atoms with E-state index in [0.717, 1.165) is 17.0 Å². The summed E-state index contributed by atoms with van der Waals surface area (Å²) < 4.78 is 41.0. The van der Waals surface area contributed by atoms with E-state index >= 15 is 0 Å². The number of hydrogen-bond donors (Lipinski definition) is 0. The summed E-state index contributed by atoms with van der Waals surface area (Å²) in [5.41, 5.74) is -1.86. The van der Waals surface area contributed by atoms with Crippen LogP contribution in [-0.2, 0) is 21.2 Å². The first kappa shape index (κ1) is 21.9. The van der Waals surface area contributed by atoms with E-state index in [1.165, 1.54) is 11.0 Å². The highest BCUT2D eigenvalue weighted by Gasteiger charge is 2.60. The molecule has 172 valence electrons. The van der Waals surface area contributed by atoms with Crippen molar-refractivity contribution < 1.29 is 27.6 Å². The number of benzene rings is 3. The van der Waals surface area contributed by atoms with Gasteiger partial charge in [0.25, 0.3) is 5.91 Å². The number of likely N-dealkylation sites (N-methyl/N-ethyl adjacent to an activating group) is 1. The number of fused-ring (bicyclic) bond motifs is 3. The molecule has 0 radical (unpaired) electrons. The molecule has 1 spiro atoms. The van der Waals surface area contributed by atoms with Crippen LogP contribution < -0.4 is 9.80 Å². The lowest BCUT2D eigenvalue weighted by molar-refractivity contribution is -0.138. The molecular formula is C26H19F3N2O3. The molecule has 0 N–H and O–H groups in total. The molecule has 3 aromatic carbocycles. The highest BCUT2D eigenvalue weighted by atomic mass is 19.4. The topological polar surface area (TPSA) is 57.7 Å². The number of Topliss-reactive ketones (excluding diaryl/α,β-unsaturated/α-hetero) is 1. The molecule has 1 atom stereocenters. The average Bonchev–Trinajstić information content (AvgIpc) is 3.10. The Morgan fingerprint density at radius 2 is 1.53 bits per heavy atom. The summed E-state index contributed by atoms with van der Waals surface area (Å²) >= 11 is 0. The molecule has 0 fully saturated rings. The molecule has 34 heavy (non-hydrogen) atoms. The Morgan fingerprint density at radius 1 is 0.853 bits per heavy atom. The van der Waals surface area contributed by atoms with E-state index in [1.54, 1.807) is 61.5 Å². The molecule has 1 unspecified atom stereocenters. The van der Waals surface area contributed by atoms with Crippen LogP contribution in [0.1, 0.15) is 34.8 Å². The van der Waals surface area contributed by atoms with E-state index in [1.807, 2.05) is 0 Å². The summed E-state index contributed by atoms with van der Waals surface area (Å²) in [5, 5.41) is 0. The van der Waals surface area contributed by atoms with Crippen LogP contribution in [0.5, 0.6) is 0 Å². The minimum Gasteiger partial charge on any atom is -0.309 e. The van der Waals surface area contributed by atoms with Gasteiger partial charge in [0.15, 0.2) is 11.2 Å². The van der Waals surface area contributed by atoms with Gasteiger partial charge in [-0.25, -0.2) is 0 Å². The number of ketones is 1. The molecule has 1 heterocycles. The van der Waals surface area contributed by atoms with Crippen molar-refractivity contribution in [1.82, 2.24) is 0 Å². The molecule has 1 aliphatic heterocycles. The Balaban J connectivity index is 1.86. The van der Waals surface area contributed by atoms with E-state index in [0.29, 0.717) is 5.69 Å². The summed E-state index contributed by atoms with van der Waals surface area (Å²) in [6.07, 6.45) is -5.04. The number of halogens is 3. The molecule has 0 aromatic heterocycles. The van der Waals surface area contributed by atoms with Crippen molar-refractivity contribution >= 4 is 34.7 Å². The van der Waals surface area contributed by atoms with Crippen LogP contribution in [0.15, 0.2) is 72.8 Å². The van der Waals surface area contributed by atoms with Crippen molar-refractivity contribution in [1.29, 1.82) is 0 Å². The smallest absolute Gasteiger partial charge is 0.309 e. The van der Waals surface area contributed by atoms with Crippen molar-refractivity contribution in [2.45, 2.75) is 24.9 Å². The predicted octanol–water partition coefficient (Wildman–Crippen LogP) is 5.26. The zero-order valence-electron chi connectivity index (χ0n) is 18.1. The van der Waals surface area contributed by atoms with Gasteiger partial charge in [-0.3, -0.25) is 19.3 Å². The highest BCUT2D eigenvalue weighted by Crippen LogP contribution is 2.50. The van der Waals surface area contributed by atoms with Crippen LogP contribution in [-0.4, -0.2) is 24.1 Å². The molecule has 0 saturated carbocycles. The zero-order chi connectivity index (χ0) is 24.3.